The number of carbonyl (C=O) groups is 2. The number of thioether (sulfide) groups is 1. The molecule has 4 atom stereocenters. The molecule has 1 fully saturated rings. The predicted molar refractivity (Wildman–Crippen MR) is 186 cm³/mol. The molecule has 0 unspecified atom stereocenters. The Balaban J connectivity index is 1.14. The van der Waals surface area contributed by atoms with Gasteiger partial charge in [0.05, 0.1) is 30.9 Å². The second kappa shape index (κ2) is 15.9. The molecule has 1 aliphatic rings. The van der Waals surface area contributed by atoms with Crippen LogP contribution < -0.4 is 16.0 Å². The monoisotopic (exact) mass is 665 g/mol. The van der Waals surface area contributed by atoms with E-state index in [2.05, 4.69) is 43.0 Å². The van der Waals surface area contributed by atoms with Crippen LogP contribution in [-0.4, -0.2) is 75.9 Å². The fourth-order valence-corrected chi connectivity index (χ4v) is 7.12. The first-order valence-electron chi connectivity index (χ1n) is 16.0. The Morgan fingerprint density at radius 3 is 2.44 bits per heavy atom. The lowest BCUT2D eigenvalue weighted by Crippen LogP contribution is -2.52. The molecule has 3 heterocycles. The van der Waals surface area contributed by atoms with E-state index in [0.29, 0.717) is 12.1 Å². The third kappa shape index (κ3) is 8.01. The average Bonchev–Trinajstić information content (AvgIpc) is 3.62. The van der Waals surface area contributed by atoms with Crippen molar-refractivity contribution in [1.82, 2.24) is 30.8 Å². The van der Waals surface area contributed by atoms with Crippen molar-refractivity contribution in [3.63, 3.8) is 0 Å². The van der Waals surface area contributed by atoms with Gasteiger partial charge in [-0.25, -0.2) is 14.8 Å². The average molecular weight is 666 g/mol. The molecule has 5 aromatic rings. The van der Waals surface area contributed by atoms with Gasteiger partial charge in [0.15, 0.2) is 5.65 Å². The molecule has 0 bridgehead atoms. The number of nitrogens with one attached hydrogen (secondary N) is 4. The van der Waals surface area contributed by atoms with E-state index in [-0.39, 0.29) is 24.2 Å². The maximum atomic E-state index is 14.1. The maximum absolute atomic E-state index is 14.1. The summed E-state index contributed by atoms with van der Waals surface area (Å²) in [6.07, 6.45) is 4.03. The standard InChI is InChI=1S/C36H39N7O4S/c1-23-30(21-48-35-28-20-40-43-33(28)38-22-39-35)47-27(19-37-23)18-17-24-11-9-10-16-29(24)41-34(44)32(42-36(45)46-2)31(25-12-5-3-6-13-25)26-14-7-4-8-15-26/h3-16,20,22-23,27,30-32,37H,17-19,21H2,1-2H3,(H,41,44)(H,42,45)(H,38,39,40,43)/t23-,27-,30-,32+/m1/s1. The molecule has 1 aliphatic heterocycles. The van der Waals surface area contributed by atoms with Crippen molar-refractivity contribution in [3.8, 4) is 0 Å². The number of aromatic amines is 1. The number of carbonyl (C=O) groups excluding carboxylic acids is 2. The number of methoxy groups -OCH3 is 1. The molecule has 0 spiro atoms. The minimum Gasteiger partial charge on any atom is -0.453 e. The van der Waals surface area contributed by atoms with Gasteiger partial charge in [0, 0.05) is 29.9 Å². The van der Waals surface area contributed by atoms with Crippen LogP contribution in [0.5, 0.6) is 0 Å². The topological polar surface area (TPSA) is 143 Å². The van der Waals surface area contributed by atoms with Gasteiger partial charge >= 0.3 is 6.09 Å². The molecular weight excluding hydrogens is 627 g/mol. The third-order valence-electron chi connectivity index (χ3n) is 8.59. The van der Waals surface area contributed by atoms with Crippen LogP contribution in [0.4, 0.5) is 10.5 Å². The fourth-order valence-electron chi connectivity index (χ4n) is 6.01. The van der Waals surface area contributed by atoms with E-state index in [1.165, 1.54) is 7.11 Å². The van der Waals surface area contributed by atoms with Crippen molar-refractivity contribution >= 4 is 40.5 Å². The molecule has 2 amide bonds. The van der Waals surface area contributed by atoms with Crippen LogP contribution in [0.15, 0.2) is 102 Å². The van der Waals surface area contributed by atoms with Crippen molar-refractivity contribution < 1.29 is 19.1 Å². The summed E-state index contributed by atoms with van der Waals surface area (Å²) in [4.78, 5) is 35.4. The number of amides is 2. The van der Waals surface area contributed by atoms with E-state index in [4.69, 9.17) is 9.47 Å². The van der Waals surface area contributed by atoms with Gasteiger partial charge in [-0.05, 0) is 42.5 Å². The van der Waals surface area contributed by atoms with Crippen LogP contribution in [0.25, 0.3) is 11.0 Å². The Labute approximate surface area is 283 Å². The van der Waals surface area contributed by atoms with Gasteiger partial charge < -0.3 is 25.4 Å². The van der Waals surface area contributed by atoms with Crippen molar-refractivity contribution in [2.24, 2.45) is 0 Å². The number of hydrogen-bond donors (Lipinski definition) is 4. The Hall–Kier alpha value is -4.78. The predicted octanol–water partition coefficient (Wildman–Crippen LogP) is 5.32. The van der Waals surface area contributed by atoms with Gasteiger partial charge in [-0.3, -0.25) is 9.89 Å². The lowest BCUT2D eigenvalue weighted by molar-refractivity contribution is -0.118. The van der Waals surface area contributed by atoms with Gasteiger partial charge in [-0.2, -0.15) is 5.10 Å². The summed E-state index contributed by atoms with van der Waals surface area (Å²) < 4.78 is 11.5. The van der Waals surface area contributed by atoms with Crippen molar-refractivity contribution in [2.45, 2.75) is 55.0 Å². The highest BCUT2D eigenvalue weighted by atomic mass is 32.2. The van der Waals surface area contributed by atoms with Crippen molar-refractivity contribution in [1.29, 1.82) is 0 Å². The van der Waals surface area contributed by atoms with Crippen LogP contribution in [0.1, 0.15) is 36.0 Å². The number of ether oxygens (including phenoxy) is 2. The molecule has 3 aromatic carbocycles. The van der Waals surface area contributed by atoms with E-state index in [1.54, 1.807) is 24.3 Å². The molecule has 6 rings (SSSR count). The van der Waals surface area contributed by atoms with Gasteiger partial charge in [-0.1, -0.05) is 78.9 Å². The zero-order valence-corrected chi connectivity index (χ0v) is 27.7. The number of aromatic nitrogens is 4. The molecule has 0 radical (unpaired) electrons. The van der Waals surface area contributed by atoms with Crippen LogP contribution in [-0.2, 0) is 20.7 Å². The van der Waals surface area contributed by atoms with Gasteiger partial charge in [0.1, 0.15) is 17.4 Å². The highest BCUT2D eigenvalue weighted by molar-refractivity contribution is 7.99. The number of morpholine rings is 1. The number of alkyl carbamates (subject to hydrolysis) is 1. The molecule has 0 saturated carbocycles. The first-order chi connectivity index (χ1) is 23.5. The molecule has 2 aromatic heterocycles. The van der Waals surface area contributed by atoms with Crippen LogP contribution in [0.3, 0.4) is 0 Å². The molecule has 12 heteroatoms. The highest BCUT2D eigenvalue weighted by Gasteiger charge is 2.33. The van der Waals surface area contributed by atoms with E-state index in [9.17, 15) is 9.59 Å². The number of aryl methyl sites for hydroxylation is 1. The Bertz CT molecular complexity index is 1770. The largest absolute Gasteiger partial charge is 0.453 e. The molecule has 48 heavy (non-hydrogen) atoms. The zero-order chi connectivity index (χ0) is 33.3. The number of nitrogens with zero attached hydrogens (tertiary/aromatic N) is 3. The van der Waals surface area contributed by atoms with Crippen molar-refractivity contribution in [2.75, 3.05) is 24.7 Å². The summed E-state index contributed by atoms with van der Waals surface area (Å²) in [5.41, 5.74) is 4.18. The van der Waals surface area contributed by atoms with Gasteiger partial charge in [-0.15, -0.1) is 11.8 Å². The quantitative estimate of drug-likeness (QED) is 0.103. The zero-order valence-electron chi connectivity index (χ0n) is 26.8. The minimum atomic E-state index is -0.945. The smallest absolute Gasteiger partial charge is 0.407 e. The lowest BCUT2D eigenvalue weighted by Gasteiger charge is -2.36. The summed E-state index contributed by atoms with van der Waals surface area (Å²) >= 11 is 1.64. The molecule has 1 saturated heterocycles. The fraction of sp³-hybridized carbons (Fsp3) is 0.306. The number of H-pyrrole nitrogens is 1. The molecule has 0 aliphatic carbocycles. The van der Waals surface area contributed by atoms with E-state index >= 15 is 0 Å². The SMILES string of the molecule is COC(=O)N[C@H](C(=O)Nc1ccccc1CC[C@@H]1CN[C@H](C)[C@@H](CSc2ncnc3[nH]ncc23)O1)C(c1ccccc1)c1ccccc1. The summed E-state index contributed by atoms with van der Waals surface area (Å²) in [7, 11) is 1.29. The number of rotatable bonds is 12. The number of fused-ring (bicyclic) bond motifs is 1. The molecule has 4 N–H and O–H groups in total. The molecular formula is C36H39N7O4S. The first-order valence-corrected chi connectivity index (χ1v) is 17.0. The normalized spacial score (nSPS) is 18.4. The second-order valence-electron chi connectivity index (χ2n) is 11.7. The number of anilines is 1. The maximum Gasteiger partial charge on any atom is 0.407 e. The Morgan fingerprint density at radius 2 is 1.71 bits per heavy atom. The summed E-state index contributed by atoms with van der Waals surface area (Å²) in [5.74, 6) is -0.0691. The van der Waals surface area contributed by atoms with E-state index < -0.39 is 18.1 Å². The number of hydrogen-bond acceptors (Lipinski definition) is 9. The van der Waals surface area contributed by atoms with Crippen LogP contribution in [0, 0.1) is 0 Å². The molecule has 248 valence electrons. The van der Waals surface area contributed by atoms with Gasteiger partial charge in [0.25, 0.3) is 0 Å². The summed E-state index contributed by atoms with van der Waals surface area (Å²) in [5, 5.41) is 18.3. The lowest BCUT2D eigenvalue weighted by atomic mass is 9.84. The highest BCUT2D eigenvalue weighted by Crippen LogP contribution is 2.31. The van der Waals surface area contributed by atoms with Gasteiger partial charge in [0.2, 0.25) is 5.91 Å². The minimum absolute atomic E-state index is 0.0100. The summed E-state index contributed by atoms with van der Waals surface area (Å²) in [6.45, 7) is 2.87. The van der Waals surface area contributed by atoms with Crippen LogP contribution >= 0.6 is 11.8 Å². The van der Waals surface area contributed by atoms with Crippen LogP contribution in [0.2, 0.25) is 0 Å². The first kappa shape index (κ1) is 33.1. The van der Waals surface area contributed by atoms with Crippen molar-refractivity contribution in [3.05, 3.63) is 114 Å². The Morgan fingerprint density at radius 1 is 1.00 bits per heavy atom. The number of benzene rings is 3. The molecule has 11 nitrogen and oxygen atoms in total. The number of para-hydroxylation sites is 1. The van der Waals surface area contributed by atoms with E-state index in [0.717, 1.165) is 51.5 Å². The summed E-state index contributed by atoms with van der Waals surface area (Å²) in [6, 6.07) is 26.4. The third-order valence-corrected chi connectivity index (χ3v) is 9.68. The second-order valence-corrected chi connectivity index (χ2v) is 12.7. The van der Waals surface area contributed by atoms with E-state index in [1.807, 2.05) is 84.9 Å². The Kier molecular flexibility index (Phi) is 11.0.